The molecule has 1 aromatic heterocycles. The number of esters is 1. The van der Waals surface area contributed by atoms with Gasteiger partial charge in [0, 0.05) is 22.9 Å². The molecule has 1 aliphatic rings. The number of aromatic nitrogens is 1. The Morgan fingerprint density at radius 2 is 2.00 bits per heavy atom. The fourth-order valence-electron chi connectivity index (χ4n) is 3.36. The SMILES string of the molecule is COC(=O)c1ccc2c3ccccc3n([C@H]3CCOC3)c2c1. The van der Waals surface area contributed by atoms with Gasteiger partial charge in [-0.3, -0.25) is 0 Å². The highest BCUT2D eigenvalue weighted by Gasteiger charge is 2.22. The van der Waals surface area contributed by atoms with Crippen LogP contribution in [0.2, 0.25) is 0 Å². The lowest BCUT2D eigenvalue weighted by Gasteiger charge is -2.14. The first-order valence-corrected chi connectivity index (χ1v) is 7.48. The maximum Gasteiger partial charge on any atom is 0.337 e. The zero-order valence-electron chi connectivity index (χ0n) is 12.4. The average Bonchev–Trinajstić information content (AvgIpc) is 3.18. The van der Waals surface area contributed by atoms with Crippen LogP contribution in [-0.2, 0) is 9.47 Å². The van der Waals surface area contributed by atoms with Crippen LogP contribution in [0.5, 0.6) is 0 Å². The van der Waals surface area contributed by atoms with Gasteiger partial charge in [0.1, 0.15) is 0 Å². The summed E-state index contributed by atoms with van der Waals surface area (Å²) in [5, 5.41) is 2.37. The molecule has 4 nitrogen and oxygen atoms in total. The van der Waals surface area contributed by atoms with Crippen molar-refractivity contribution >= 4 is 27.8 Å². The van der Waals surface area contributed by atoms with Gasteiger partial charge in [0.15, 0.2) is 0 Å². The highest BCUT2D eigenvalue weighted by atomic mass is 16.5. The summed E-state index contributed by atoms with van der Waals surface area (Å²) in [6.45, 7) is 1.51. The highest BCUT2D eigenvalue weighted by Crippen LogP contribution is 2.35. The van der Waals surface area contributed by atoms with Crippen LogP contribution in [0.15, 0.2) is 42.5 Å². The van der Waals surface area contributed by atoms with E-state index in [-0.39, 0.29) is 5.97 Å². The van der Waals surface area contributed by atoms with E-state index in [1.165, 1.54) is 18.0 Å². The second kappa shape index (κ2) is 5.14. The summed E-state index contributed by atoms with van der Waals surface area (Å²) in [6.07, 6.45) is 0.996. The molecule has 0 spiro atoms. The van der Waals surface area contributed by atoms with Gasteiger partial charge in [0.25, 0.3) is 0 Å². The maximum absolute atomic E-state index is 11.8. The van der Waals surface area contributed by atoms with Crippen LogP contribution >= 0.6 is 0 Å². The van der Waals surface area contributed by atoms with E-state index in [2.05, 4.69) is 22.8 Å². The summed E-state index contributed by atoms with van der Waals surface area (Å²) in [5.41, 5.74) is 2.84. The molecule has 1 atom stereocenters. The molecular weight excluding hydrogens is 278 g/mol. The molecule has 0 aliphatic carbocycles. The van der Waals surface area contributed by atoms with Gasteiger partial charge in [-0.05, 0) is 24.6 Å². The van der Waals surface area contributed by atoms with E-state index < -0.39 is 0 Å². The lowest BCUT2D eigenvalue weighted by Crippen LogP contribution is -2.09. The van der Waals surface area contributed by atoms with Gasteiger partial charge in [-0.1, -0.05) is 24.3 Å². The molecule has 0 bridgehead atoms. The van der Waals surface area contributed by atoms with E-state index in [0.717, 1.165) is 30.5 Å². The van der Waals surface area contributed by atoms with Crippen LogP contribution in [0.25, 0.3) is 21.8 Å². The zero-order chi connectivity index (χ0) is 15.1. The Bertz CT molecular complexity index is 859. The first-order chi connectivity index (χ1) is 10.8. The second-order valence-electron chi connectivity index (χ2n) is 5.63. The molecule has 0 amide bonds. The van der Waals surface area contributed by atoms with Crippen LogP contribution in [0.4, 0.5) is 0 Å². The van der Waals surface area contributed by atoms with Gasteiger partial charge in [-0.2, -0.15) is 0 Å². The topological polar surface area (TPSA) is 40.5 Å². The highest BCUT2D eigenvalue weighted by molar-refractivity contribution is 6.09. The Morgan fingerprint density at radius 1 is 1.18 bits per heavy atom. The summed E-state index contributed by atoms with van der Waals surface area (Å²) < 4.78 is 12.7. The number of hydrogen-bond acceptors (Lipinski definition) is 3. The molecule has 3 aromatic rings. The standard InChI is InChI=1S/C18H17NO3/c1-21-18(20)12-6-7-15-14-4-2-3-5-16(14)19(17(15)10-12)13-8-9-22-11-13/h2-7,10,13H,8-9,11H2,1H3/t13-/m0/s1. The largest absolute Gasteiger partial charge is 0.465 e. The normalized spacial score (nSPS) is 18.1. The number of para-hydroxylation sites is 1. The van der Waals surface area contributed by atoms with E-state index in [1.807, 2.05) is 24.3 Å². The Morgan fingerprint density at radius 3 is 2.77 bits per heavy atom. The monoisotopic (exact) mass is 295 g/mol. The molecule has 1 saturated heterocycles. The van der Waals surface area contributed by atoms with Crippen molar-refractivity contribution < 1.29 is 14.3 Å². The van der Waals surface area contributed by atoms with Crippen molar-refractivity contribution in [1.29, 1.82) is 0 Å². The average molecular weight is 295 g/mol. The maximum atomic E-state index is 11.8. The van der Waals surface area contributed by atoms with E-state index in [4.69, 9.17) is 9.47 Å². The van der Waals surface area contributed by atoms with Crippen LogP contribution in [0, 0.1) is 0 Å². The fourth-order valence-corrected chi connectivity index (χ4v) is 3.36. The molecule has 0 N–H and O–H groups in total. The Hall–Kier alpha value is -2.33. The van der Waals surface area contributed by atoms with Crippen molar-refractivity contribution in [2.24, 2.45) is 0 Å². The molecule has 0 radical (unpaired) electrons. The molecule has 1 aliphatic heterocycles. The van der Waals surface area contributed by atoms with Crippen LogP contribution < -0.4 is 0 Å². The second-order valence-corrected chi connectivity index (χ2v) is 5.63. The number of carbonyl (C=O) groups is 1. The van der Waals surface area contributed by atoms with Gasteiger partial charge in [0.05, 0.1) is 30.8 Å². The molecule has 2 aromatic carbocycles. The molecule has 4 heteroatoms. The lowest BCUT2D eigenvalue weighted by atomic mass is 10.1. The van der Waals surface area contributed by atoms with Crippen molar-refractivity contribution in [2.45, 2.75) is 12.5 Å². The Labute approximate surface area is 128 Å². The molecule has 22 heavy (non-hydrogen) atoms. The first kappa shape index (κ1) is 13.3. The quantitative estimate of drug-likeness (QED) is 0.679. The van der Waals surface area contributed by atoms with E-state index in [0.29, 0.717) is 11.6 Å². The number of methoxy groups -OCH3 is 1. The molecule has 0 saturated carbocycles. The van der Waals surface area contributed by atoms with Crippen molar-refractivity contribution in [3.05, 3.63) is 48.0 Å². The van der Waals surface area contributed by atoms with Gasteiger partial charge < -0.3 is 14.0 Å². The summed E-state index contributed by atoms with van der Waals surface area (Å²) >= 11 is 0. The van der Waals surface area contributed by atoms with Gasteiger partial charge in [-0.15, -0.1) is 0 Å². The minimum absolute atomic E-state index is 0.304. The predicted molar refractivity (Wildman–Crippen MR) is 85.3 cm³/mol. The van der Waals surface area contributed by atoms with Crippen molar-refractivity contribution in [2.75, 3.05) is 20.3 Å². The van der Waals surface area contributed by atoms with Gasteiger partial charge in [-0.25, -0.2) is 4.79 Å². The number of carbonyl (C=O) groups excluding carboxylic acids is 1. The minimum atomic E-state index is -0.304. The number of ether oxygens (including phenoxy) is 2. The first-order valence-electron chi connectivity index (χ1n) is 7.48. The third-order valence-electron chi connectivity index (χ3n) is 4.40. The molecule has 4 rings (SSSR count). The number of nitrogens with zero attached hydrogens (tertiary/aromatic N) is 1. The summed E-state index contributed by atoms with van der Waals surface area (Å²) in [6, 6.07) is 14.4. The van der Waals surface area contributed by atoms with Crippen molar-refractivity contribution in [1.82, 2.24) is 4.57 Å². The van der Waals surface area contributed by atoms with Gasteiger partial charge in [0.2, 0.25) is 0 Å². The third-order valence-corrected chi connectivity index (χ3v) is 4.40. The van der Waals surface area contributed by atoms with E-state index in [9.17, 15) is 4.79 Å². The summed E-state index contributed by atoms with van der Waals surface area (Å²) in [7, 11) is 1.41. The number of fused-ring (bicyclic) bond motifs is 3. The fraction of sp³-hybridized carbons (Fsp3) is 0.278. The Balaban J connectivity index is 2.04. The van der Waals surface area contributed by atoms with E-state index in [1.54, 1.807) is 0 Å². The lowest BCUT2D eigenvalue weighted by molar-refractivity contribution is 0.0601. The smallest absolute Gasteiger partial charge is 0.337 e. The van der Waals surface area contributed by atoms with Crippen LogP contribution in [0.1, 0.15) is 22.8 Å². The third kappa shape index (κ3) is 1.91. The molecule has 0 unspecified atom stereocenters. The van der Waals surface area contributed by atoms with Crippen molar-refractivity contribution in [3.63, 3.8) is 0 Å². The number of benzene rings is 2. The van der Waals surface area contributed by atoms with Crippen LogP contribution in [0.3, 0.4) is 0 Å². The molecule has 112 valence electrons. The summed E-state index contributed by atoms with van der Waals surface area (Å²) in [4.78, 5) is 11.8. The number of rotatable bonds is 2. The van der Waals surface area contributed by atoms with E-state index >= 15 is 0 Å². The summed E-state index contributed by atoms with van der Waals surface area (Å²) in [5.74, 6) is -0.304. The Kier molecular flexibility index (Phi) is 3.12. The minimum Gasteiger partial charge on any atom is -0.465 e. The van der Waals surface area contributed by atoms with Crippen molar-refractivity contribution in [3.8, 4) is 0 Å². The predicted octanol–water partition coefficient (Wildman–Crippen LogP) is 3.54. The molecular formula is C18H17NO3. The van der Waals surface area contributed by atoms with Crippen LogP contribution in [-0.4, -0.2) is 30.9 Å². The molecule has 1 fully saturated rings. The van der Waals surface area contributed by atoms with Gasteiger partial charge >= 0.3 is 5.97 Å². The number of hydrogen-bond donors (Lipinski definition) is 0. The molecule has 2 heterocycles. The zero-order valence-corrected chi connectivity index (χ0v) is 12.4.